The Morgan fingerprint density at radius 2 is 1.69 bits per heavy atom. The Morgan fingerprint density at radius 3 is 2.38 bits per heavy atom. The molecule has 0 unspecified atom stereocenters. The van der Waals surface area contributed by atoms with Gasteiger partial charge in [-0.1, -0.05) is 6.07 Å². The Balaban J connectivity index is 1.67. The van der Waals surface area contributed by atoms with Gasteiger partial charge >= 0.3 is 5.97 Å². The summed E-state index contributed by atoms with van der Waals surface area (Å²) in [6, 6.07) is 13.3. The van der Waals surface area contributed by atoms with E-state index in [9.17, 15) is 19.2 Å². The number of carbonyl (C=O) groups is 3. The van der Waals surface area contributed by atoms with Gasteiger partial charge in [-0.2, -0.15) is 0 Å². The molecule has 1 aromatic heterocycles. The summed E-state index contributed by atoms with van der Waals surface area (Å²) >= 11 is 0. The molecule has 9 nitrogen and oxygen atoms in total. The van der Waals surface area contributed by atoms with Crippen molar-refractivity contribution in [1.82, 2.24) is 9.88 Å². The van der Waals surface area contributed by atoms with Gasteiger partial charge in [-0.15, -0.1) is 0 Å². The number of hydrogen-bond donors (Lipinski definition) is 3. The lowest BCUT2D eigenvalue weighted by molar-refractivity contribution is 0.0695. The lowest BCUT2D eigenvalue weighted by Crippen LogP contribution is -2.24. The molecule has 9 heteroatoms. The molecule has 0 saturated heterocycles. The van der Waals surface area contributed by atoms with Crippen LogP contribution in [0.4, 0.5) is 5.82 Å². The number of benzene rings is 2. The molecule has 0 aliphatic carbocycles. The Labute approximate surface area is 163 Å². The smallest absolute Gasteiger partial charge is 0.335 e. The number of anilines is 1. The third-order valence-electron chi connectivity index (χ3n) is 4.36. The monoisotopic (exact) mass is 391 g/mol. The van der Waals surface area contributed by atoms with Crippen LogP contribution in [0.2, 0.25) is 0 Å². The average Bonchev–Trinajstić information content (AvgIpc) is 2.97. The van der Waals surface area contributed by atoms with E-state index in [1.807, 2.05) is 0 Å². The van der Waals surface area contributed by atoms with Gasteiger partial charge in [0.2, 0.25) is 0 Å². The van der Waals surface area contributed by atoms with Crippen molar-refractivity contribution in [3.05, 3.63) is 81.6 Å². The highest BCUT2D eigenvalue weighted by Gasteiger charge is 2.31. The highest BCUT2D eigenvalue weighted by Crippen LogP contribution is 2.26. The summed E-state index contributed by atoms with van der Waals surface area (Å²) in [5.41, 5.74) is 5.80. The number of amides is 2. The molecular weight excluding hydrogens is 378 g/mol. The summed E-state index contributed by atoms with van der Waals surface area (Å²) in [5, 5.41) is 11.1. The number of ether oxygens (including phenoxy) is 1. The quantitative estimate of drug-likeness (QED) is 0.576. The number of hydrogen-bond acceptors (Lipinski definition) is 6. The van der Waals surface area contributed by atoms with Gasteiger partial charge in [0.05, 0.1) is 22.4 Å². The van der Waals surface area contributed by atoms with Crippen LogP contribution < -0.4 is 21.3 Å². The zero-order valence-electron chi connectivity index (χ0n) is 14.7. The van der Waals surface area contributed by atoms with Crippen LogP contribution in [0.15, 0.2) is 59.4 Å². The molecule has 2 amide bonds. The van der Waals surface area contributed by atoms with Gasteiger partial charge in [-0.25, -0.2) is 4.79 Å². The minimum Gasteiger partial charge on any atom is -0.478 e. The number of pyridine rings is 1. The Hall–Kier alpha value is -4.40. The standard InChI is InChI=1S/C20H13N3O6/c21-17-16-14(18(25)22-19(16)26)9-15(24)23(17)11-4-6-12(7-5-11)29-13-3-1-2-10(8-13)20(27)28/h1-9H,21H2,(H,27,28)(H,22,25,26). The zero-order valence-corrected chi connectivity index (χ0v) is 14.7. The number of nitrogen functional groups attached to an aromatic ring is 1. The summed E-state index contributed by atoms with van der Waals surface area (Å²) in [6.07, 6.45) is 0. The summed E-state index contributed by atoms with van der Waals surface area (Å²) in [4.78, 5) is 47.1. The highest BCUT2D eigenvalue weighted by molar-refractivity contribution is 6.23. The van der Waals surface area contributed by atoms with E-state index in [0.29, 0.717) is 17.2 Å². The number of imide groups is 1. The van der Waals surface area contributed by atoms with Crippen LogP contribution in [0.25, 0.3) is 5.69 Å². The molecule has 0 spiro atoms. The van der Waals surface area contributed by atoms with Gasteiger partial charge in [0.25, 0.3) is 17.4 Å². The van der Waals surface area contributed by atoms with Crippen molar-refractivity contribution in [2.45, 2.75) is 0 Å². The summed E-state index contributed by atoms with van der Waals surface area (Å²) < 4.78 is 6.75. The van der Waals surface area contributed by atoms with Crippen LogP contribution in [-0.2, 0) is 0 Å². The van der Waals surface area contributed by atoms with Crippen molar-refractivity contribution in [1.29, 1.82) is 0 Å². The third kappa shape index (κ3) is 3.10. The number of aromatic nitrogens is 1. The van der Waals surface area contributed by atoms with E-state index in [-0.39, 0.29) is 22.5 Å². The van der Waals surface area contributed by atoms with Crippen molar-refractivity contribution < 1.29 is 24.2 Å². The highest BCUT2D eigenvalue weighted by atomic mass is 16.5. The largest absolute Gasteiger partial charge is 0.478 e. The van der Waals surface area contributed by atoms with E-state index in [4.69, 9.17) is 15.6 Å². The average molecular weight is 391 g/mol. The number of carboxylic acid groups (broad SMARTS) is 1. The first-order valence-electron chi connectivity index (χ1n) is 8.38. The summed E-state index contributed by atoms with van der Waals surface area (Å²) in [6.45, 7) is 0. The number of carboxylic acids is 1. The zero-order chi connectivity index (χ0) is 20.7. The number of carbonyl (C=O) groups excluding carboxylic acids is 2. The van der Waals surface area contributed by atoms with Gasteiger partial charge in [0.1, 0.15) is 17.3 Å². The second kappa shape index (κ2) is 6.64. The van der Waals surface area contributed by atoms with Crippen LogP contribution >= 0.6 is 0 Å². The molecule has 1 aliphatic heterocycles. The van der Waals surface area contributed by atoms with E-state index in [1.165, 1.54) is 12.1 Å². The topological polar surface area (TPSA) is 141 Å². The Morgan fingerprint density at radius 1 is 0.966 bits per heavy atom. The third-order valence-corrected chi connectivity index (χ3v) is 4.36. The summed E-state index contributed by atoms with van der Waals surface area (Å²) in [7, 11) is 0. The van der Waals surface area contributed by atoms with Crippen LogP contribution in [0.5, 0.6) is 11.5 Å². The predicted molar refractivity (Wildman–Crippen MR) is 102 cm³/mol. The molecule has 2 heterocycles. The molecule has 4 N–H and O–H groups in total. The molecule has 2 aromatic carbocycles. The van der Waals surface area contributed by atoms with Crippen LogP contribution in [0, 0.1) is 0 Å². The molecule has 1 aliphatic rings. The maximum atomic E-state index is 12.4. The Bertz CT molecular complexity index is 1240. The van der Waals surface area contributed by atoms with Crippen molar-refractivity contribution in [2.24, 2.45) is 0 Å². The first kappa shape index (κ1) is 18.0. The molecule has 0 bridgehead atoms. The fourth-order valence-corrected chi connectivity index (χ4v) is 3.04. The first-order chi connectivity index (χ1) is 13.8. The van der Waals surface area contributed by atoms with E-state index in [1.54, 1.807) is 36.4 Å². The molecular formula is C20H13N3O6. The molecule has 3 aromatic rings. The first-order valence-corrected chi connectivity index (χ1v) is 8.38. The fraction of sp³-hybridized carbons (Fsp3) is 0. The van der Waals surface area contributed by atoms with Crippen molar-refractivity contribution in [3.63, 3.8) is 0 Å². The van der Waals surface area contributed by atoms with Crippen molar-refractivity contribution in [3.8, 4) is 17.2 Å². The number of aromatic carboxylic acids is 1. The number of nitrogens with two attached hydrogens (primary N) is 1. The second-order valence-corrected chi connectivity index (χ2v) is 6.20. The van der Waals surface area contributed by atoms with Crippen LogP contribution in [0.3, 0.4) is 0 Å². The lowest BCUT2D eigenvalue weighted by Gasteiger charge is -2.13. The van der Waals surface area contributed by atoms with Gasteiger partial charge in [0, 0.05) is 6.07 Å². The Kier molecular flexibility index (Phi) is 4.12. The maximum absolute atomic E-state index is 12.4. The normalized spacial score (nSPS) is 12.4. The molecule has 0 radical (unpaired) electrons. The molecule has 29 heavy (non-hydrogen) atoms. The van der Waals surface area contributed by atoms with Crippen molar-refractivity contribution in [2.75, 3.05) is 5.73 Å². The van der Waals surface area contributed by atoms with Gasteiger partial charge < -0.3 is 15.6 Å². The minimum atomic E-state index is -1.07. The fourth-order valence-electron chi connectivity index (χ4n) is 3.04. The molecule has 0 atom stereocenters. The number of nitrogens with one attached hydrogen (secondary N) is 1. The van der Waals surface area contributed by atoms with Crippen molar-refractivity contribution >= 4 is 23.6 Å². The molecule has 0 fully saturated rings. The predicted octanol–water partition coefficient (Wildman–Crippen LogP) is 1.79. The van der Waals surface area contributed by atoms with Crippen LogP contribution in [-0.4, -0.2) is 27.5 Å². The van der Waals surface area contributed by atoms with E-state index in [0.717, 1.165) is 10.6 Å². The molecule has 144 valence electrons. The molecule has 4 rings (SSSR count). The maximum Gasteiger partial charge on any atom is 0.335 e. The van der Waals surface area contributed by atoms with Gasteiger partial charge in [-0.05, 0) is 42.5 Å². The SMILES string of the molecule is Nc1c2c(cc(=O)n1-c1ccc(Oc3cccc(C(=O)O)c3)cc1)C(=O)NC2=O. The van der Waals surface area contributed by atoms with Gasteiger partial charge in [-0.3, -0.25) is 24.3 Å². The minimum absolute atomic E-state index is 0.0413. The van der Waals surface area contributed by atoms with E-state index < -0.39 is 23.3 Å². The van der Waals surface area contributed by atoms with Crippen LogP contribution in [0.1, 0.15) is 31.1 Å². The van der Waals surface area contributed by atoms with E-state index in [2.05, 4.69) is 5.32 Å². The lowest BCUT2D eigenvalue weighted by atomic mass is 10.1. The summed E-state index contributed by atoms with van der Waals surface area (Å²) in [5.74, 6) is -1.79. The number of rotatable bonds is 4. The number of fused-ring (bicyclic) bond motifs is 1. The second-order valence-electron chi connectivity index (χ2n) is 6.20. The number of nitrogens with zero attached hydrogens (tertiary/aromatic N) is 1. The van der Waals surface area contributed by atoms with E-state index >= 15 is 0 Å². The van der Waals surface area contributed by atoms with Gasteiger partial charge in [0.15, 0.2) is 0 Å². The molecule has 0 saturated carbocycles.